The Morgan fingerprint density at radius 1 is 1.21 bits per heavy atom. The van der Waals surface area contributed by atoms with E-state index in [4.69, 9.17) is 4.98 Å². The SMILES string of the molecule is C=C/C(=C\C)c1c#cc(C(C=C)Cc2cccc(C)c2C)c(C)n1. The van der Waals surface area contributed by atoms with Gasteiger partial charge in [0.05, 0.1) is 5.69 Å². The van der Waals surface area contributed by atoms with Gasteiger partial charge in [-0.3, -0.25) is 0 Å². The van der Waals surface area contributed by atoms with Crippen molar-refractivity contribution in [3.05, 3.63) is 95.4 Å². The van der Waals surface area contributed by atoms with Crippen molar-refractivity contribution in [2.24, 2.45) is 0 Å². The zero-order valence-electron chi connectivity index (χ0n) is 15.1. The molecule has 1 unspecified atom stereocenters. The molecule has 24 heavy (non-hydrogen) atoms. The molecule has 0 aliphatic carbocycles. The van der Waals surface area contributed by atoms with E-state index in [2.05, 4.69) is 57.3 Å². The Balaban J connectivity index is 2.36. The number of rotatable bonds is 6. The fourth-order valence-electron chi connectivity index (χ4n) is 2.89. The first-order valence-corrected chi connectivity index (χ1v) is 8.30. The van der Waals surface area contributed by atoms with Crippen LogP contribution in [0.15, 0.2) is 49.6 Å². The van der Waals surface area contributed by atoms with Gasteiger partial charge in [-0.2, -0.15) is 0 Å². The van der Waals surface area contributed by atoms with Crippen molar-refractivity contribution < 1.29 is 0 Å². The summed E-state index contributed by atoms with van der Waals surface area (Å²) in [5.74, 6) is 0.182. The summed E-state index contributed by atoms with van der Waals surface area (Å²) in [6.07, 6.45) is 6.67. The predicted octanol–water partition coefficient (Wildman–Crippen LogP) is 5.71. The summed E-state index contributed by atoms with van der Waals surface area (Å²) >= 11 is 0. The van der Waals surface area contributed by atoms with Crippen LogP contribution in [0.3, 0.4) is 0 Å². The van der Waals surface area contributed by atoms with Gasteiger partial charge in [0.2, 0.25) is 0 Å². The highest BCUT2D eigenvalue weighted by molar-refractivity contribution is 5.69. The molecule has 2 aromatic rings. The van der Waals surface area contributed by atoms with E-state index in [1.54, 1.807) is 6.08 Å². The van der Waals surface area contributed by atoms with Crippen LogP contribution in [0.25, 0.3) is 5.57 Å². The molecule has 0 spiro atoms. The fourth-order valence-corrected chi connectivity index (χ4v) is 2.89. The number of aryl methyl sites for hydroxylation is 2. The van der Waals surface area contributed by atoms with Crippen LogP contribution in [0.4, 0.5) is 0 Å². The third-order valence-electron chi connectivity index (χ3n) is 4.60. The van der Waals surface area contributed by atoms with Crippen molar-refractivity contribution >= 4 is 5.57 Å². The molecule has 0 saturated heterocycles. The number of aromatic nitrogens is 1. The van der Waals surface area contributed by atoms with Gasteiger partial charge in [-0.15, -0.1) is 6.58 Å². The minimum absolute atomic E-state index is 0.182. The molecular weight excluding hydrogens is 290 g/mol. The van der Waals surface area contributed by atoms with E-state index in [0.29, 0.717) is 0 Å². The molecule has 1 aromatic heterocycles. The summed E-state index contributed by atoms with van der Waals surface area (Å²) in [4.78, 5) is 4.69. The molecule has 0 radical (unpaired) electrons. The van der Waals surface area contributed by atoms with Gasteiger partial charge in [0.15, 0.2) is 0 Å². The molecular formula is C23H25N. The average Bonchev–Trinajstić information content (AvgIpc) is 2.58. The molecule has 0 aliphatic rings. The lowest BCUT2D eigenvalue weighted by atomic mass is 9.89. The molecule has 2 rings (SSSR count). The van der Waals surface area contributed by atoms with Crippen molar-refractivity contribution in [1.82, 2.24) is 4.98 Å². The highest BCUT2D eigenvalue weighted by Crippen LogP contribution is 2.26. The Morgan fingerprint density at radius 3 is 2.54 bits per heavy atom. The van der Waals surface area contributed by atoms with Crippen LogP contribution in [-0.4, -0.2) is 4.98 Å². The maximum atomic E-state index is 4.69. The molecule has 122 valence electrons. The lowest BCUT2D eigenvalue weighted by molar-refractivity contribution is 0.814. The van der Waals surface area contributed by atoms with E-state index in [9.17, 15) is 0 Å². The first-order valence-electron chi connectivity index (χ1n) is 8.30. The third kappa shape index (κ3) is 3.66. The van der Waals surface area contributed by atoms with Gasteiger partial charge < -0.3 is 0 Å². The monoisotopic (exact) mass is 315 g/mol. The van der Waals surface area contributed by atoms with Crippen molar-refractivity contribution in [2.45, 2.75) is 40.0 Å². The minimum Gasteiger partial charge on any atom is -0.243 e. The molecule has 0 saturated carbocycles. The zero-order valence-corrected chi connectivity index (χ0v) is 15.1. The second-order valence-electron chi connectivity index (χ2n) is 6.06. The molecule has 0 N–H and O–H groups in total. The fraction of sp³-hybridized carbons (Fsp3) is 0.261. The number of hydrogen-bond acceptors (Lipinski definition) is 1. The van der Waals surface area contributed by atoms with Gasteiger partial charge in [0.25, 0.3) is 0 Å². The van der Waals surface area contributed by atoms with Crippen molar-refractivity contribution in [3.63, 3.8) is 0 Å². The predicted molar refractivity (Wildman–Crippen MR) is 103 cm³/mol. The van der Waals surface area contributed by atoms with E-state index < -0.39 is 0 Å². The van der Waals surface area contributed by atoms with Gasteiger partial charge >= 0.3 is 0 Å². The van der Waals surface area contributed by atoms with E-state index in [1.807, 2.05) is 26.0 Å². The molecule has 1 aromatic carbocycles. The van der Waals surface area contributed by atoms with Gasteiger partial charge in [0.1, 0.15) is 5.69 Å². The summed E-state index contributed by atoms with van der Waals surface area (Å²) in [6.45, 7) is 16.2. The normalized spacial score (nSPS) is 12.4. The maximum absolute atomic E-state index is 4.69. The molecule has 0 amide bonds. The van der Waals surface area contributed by atoms with Gasteiger partial charge in [-0.1, -0.05) is 49.1 Å². The summed E-state index contributed by atoms with van der Waals surface area (Å²) in [5, 5.41) is 0. The van der Waals surface area contributed by atoms with Crippen molar-refractivity contribution in [1.29, 1.82) is 0 Å². The van der Waals surface area contributed by atoms with E-state index in [-0.39, 0.29) is 5.92 Å². The lowest BCUT2D eigenvalue weighted by Crippen LogP contribution is -2.05. The summed E-state index contributed by atoms with van der Waals surface area (Å²) in [7, 11) is 0. The largest absolute Gasteiger partial charge is 0.243 e. The topological polar surface area (TPSA) is 12.9 Å². The van der Waals surface area contributed by atoms with Crippen LogP contribution < -0.4 is 0 Å². The second kappa shape index (κ2) is 7.79. The Kier molecular flexibility index (Phi) is 5.77. The van der Waals surface area contributed by atoms with Crippen molar-refractivity contribution in [2.75, 3.05) is 0 Å². The number of hydrogen-bond donors (Lipinski definition) is 0. The zero-order chi connectivity index (χ0) is 17.7. The van der Waals surface area contributed by atoms with Gasteiger partial charge in [-0.05, 0) is 56.9 Å². The quantitative estimate of drug-likeness (QED) is 0.491. The van der Waals surface area contributed by atoms with Crippen LogP contribution in [0.1, 0.15) is 46.5 Å². The molecule has 1 heteroatoms. The van der Waals surface area contributed by atoms with Crippen LogP contribution in [0, 0.1) is 32.9 Å². The third-order valence-corrected chi connectivity index (χ3v) is 4.60. The Hall–Kier alpha value is -2.59. The van der Waals surface area contributed by atoms with Crippen LogP contribution >= 0.6 is 0 Å². The van der Waals surface area contributed by atoms with E-state index in [1.165, 1.54) is 16.7 Å². The number of benzene rings is 1. The number of allylic oxidation sites excluding steroid dienone is 4. The van der Waals surface area contributed by atoms with Crippen LogP contribution in [-0.2, 0) is 6.42 Å². The second-order valence-corrected chi connectivity index (χ2v) is 6.06. The first kappa shape index (κ1) is 17.8. The Labute approximate surface area is 146 Å². The minimum atomic E-state index is 0.182. The summed E-state index contributed by atoms with van der Waals surface area (Å²) in [5.41, 5.74) is 7.82. The van der Waals surface area contributed by atoms with Gasteiger partial charge in [-0.25, -0.2) is 4.98 Å². The lowest BCUT2D eigenvalue weighted by Gasteiger charge is -2.16. The summed E-state index contributed by atoms with van der Waals surface area (Å²) in [6, 6.07) is 13.0. The van der Waals surface area contributed by atoms with E-state index >= 15 is 0 Å². The molecule has 1 nitrogen and oxygen atoms in total. The highest BCUT2D eigenvalue weighted by atomic mass is 14.7. The molecule has 1 atom stereocenters. The first-order chi connectivity index (χ1) is 11.5. The highest BCUT2D eigenvalue weighted by Gasteiger charge is 2.14. The van der Waals surface area contributed by atoms with Crippen LogP contribution in [0.2, 0.25) is 0 Å². The smallest absolute Gasteiger partial charge is 0.120 e. The molecule has 0 fully saturated rings. The maximum Gasteiger partial charge on any atom is 0.120 e. The van der Waals surface area contributed by atoms with Crippen molar-refractivity contribution in [3.8, 4) is 0 Å². The Morgan fingerprint density at radius 2 is 1.96 bits per heavy atom. The standard InChI is InChI=1S/C23H25N/c1-7-19(8-2)23-14-13-22(18(6)24-23)20(9-3)15-21-12-10-11-16(4)17(21)5/h7-12,20H,1,3,15H2,2,4-6H3/b19-8+. The summed E-state index contributed by atoms with van der Waals surface area (Å²) < 4.78 is 0. The van der Waals surface area contributed by atoms with Gasteiger partial charge in [0, 0.05) is 17.1 Å². The molecule has 1 heterocycles. The molecule has 0 aliphatic heterocycles. The van der Waals surface area contributed by atoms with E-state index in [0.717, 1.165) is 28.9 Å². The molecule has 0 bridgehead atoms. The average molecular weight is 315 g/mol. The van der Waals surface area contributed by atoms with Crippen LogP contribution in [0.5, 0.6) is 0 Å². The Bertz CT molecular complexity index is 781. The number of nitrogens with zero attached hydrogens (tertiary/aromatic N) is 1.